The number of nitrogens with one attached hydrogen (secondary N) is 3. The molecule has 5 aromatic rings. The highest BCUT2D eigenvalue weighted by Gasteiger charge is 2.21. The Morgan fingerprint density at radius 2 is 1.10 bits per heavy atom. The summed E-state index contributed by atoms with van der Waals surface area (Å²) < 4.78 is 26.0. The van der Waals surface area contributed by atoms with Crippen molar-refractivity contribution in [2.75, 3.05) is 10.6 Å². The van der Waals surface area contributed by atoms with Gasteiger partial charge in [-0.2, -0.15) is 0 Å². The molecule has 7 nitrogen and oxygen atoms in total. The Bertz CT molecular complexity index is 1670. The van der Waals surface area contributed by atoms with Crippen molar-refractivity contribution >= 4 is 27.1 Å². The van der Waals surface area contributed by atoms with Crippen molar-refractivity contribution in [3.8, 4) is 0 Å². The van der Waals surface area contributed by atoms with Gasteiger partial charge in [0.15, 0.2) is 0 Å². The van der Waals surface area contributed by atoms with Crippen LogP contribution in [0.15, 0.2) is 138 Å². The van der Waals surface area contributed by atoms with Crippen molar-refractivity contribution in [3.63, 3.8) is 0 Å². The first kappa shape index (κ1) is 29.0. The molecule has 0 amide bonds. The first-order valence-corrected chi connectivity index (χ1v) is 15.3. The number of para-hydroxylation sites is 1. The molecule has 0 heterocycles. The van der Waals surface area contributed by atoms with Gasteiger partial charge in [-0.15, -0.1) is 0 Å². The molecular formula is C34H35N5O2S. The Morgan fingerprint density at radius 1 is 0.595 bits per heavy atom. The second-order valence-electron chi connectivity index (χ2n) is 10.1. The van der Waals surface area contributed by atoms with Gasteiger partial charge in [-0.3, -0.25) is 5.43 Å². The largest absolute Gasteiger partial charge is 0.379 e. The lowest BCUT2D eigenvalue weighted by Gasteiger charge is -2.25. The van der Waals surface area contributed by atoms with Crippen LogP contribution >= 0.6 is 0 Å². The number of primary sulfonamides is 1. The maximum atomic E-state index is 13.0. The van der Waals surface area contributed by atoms with Crippen molar-refractivity contribution < 1.29 is 8.42 Å². The molecule has 0 unspecified atom stereocenters. The third kappa shape index (κ3) is 8.28. The topological polar surface area (TPSA) is 99.5 Å². The molecule has 0 radical (unpaired) electrons. The van der Waals surface area contributed by atoms with Crippen molar-refractivity contribution in [1.82, 2.24) is 10.4 Å². The van der Waals surface area contributed by atoms with Crippen molar-refractivity contribution in [2.24, 2.45) is 5.14 Å². The Balaban J connectivity index is 1.50. The third-order valence-corrected chi connectivity index (χ3v) is 7.71. The molecule has 0 saturated heterocycles. The molecule has 5 N–H and O–H groups in total. The van der Waals surface area contributed by atoms with Gasteiger partial charge in [-0.05, 0) is 46.5 Å². The first-order chi connectivity index (χ1) is 20.4. The molecule has 0 bridgehead atoms. The van der Waals surface area contributed by atoms with Crippen LogP contribution in [-0.4, -0.2) is 13.4 Å². The zero-order valence-electron chi connectivity index (χ0n) is 23.3. The van der Waals surface area contributed by atoms with Gasteiger partial charge >= 0.3 is 0 Å². The van der Waals surface area contributed by atoms with E-state index in [1.165, 1.54) is 0 Å². The monoisotopic (exact) mass is 577 g/mol. The number of benzene rings is 5. The quantitative estimate of drug-likeness (QED) is 0.121. The maximum absolute atomic E-state index is 13.0. The Hall–Kier alpha value is -4.47. The van der Waals surface area contributed by atoms with E-state index in [4.69, 9.17) is 5.14 Å². The summed E-state index contributed by atoms with van der Waals surface area (Å²) >= 11 is 0. The summed E-state index contributed by atoms with van der Waals surface area (Å²) in [6.45, 7) is 2.20. The SMILES string of the molecule is NS(=O)(=O)c1cc(CN(Cc2ccccc2)NCc2ccccc2)cc(NCc2ccccc2)c1Nc1ccccc1. The summed E-state index contributed by atoms with van der Waals surface area (Å²) in [5.74, 6) is 0. The zero-order chi connectivity index (χ0) is 29.2. The lowest BCUT2D eigenvalue weighted by molar-refractivity contribution is 0.164. The fourth-order valence-corrected chi connectivity index (χ4v) is 5.47. The fraction of sp³-hybridized carbons (Fsp3) is 0.118. The van der Waals surface area contributed by atoms with Gasteiger partial charge < -0.3 is 10.6 Å². The number of anilines is 3. The van der Waals surface area contributed by atoms with Gasteiger partial charge in [-0.1, -0.05) is 109 Å². The molecule has 5 rings (SSSR count). The van der Waals surface area contributed by atoms with E-state index < -0.39 is 10.0 Å². The summed E-state index contributed by atoms with van der Waals surface area (Å²) in [4.78, 5) is 0.0298. The smallest absolute Gasteiger partial charge is 0.240 e. The minimum Gasteiger partial charge on any atom is -0.379 e. The number of hydrogen-bond donors (Lipinski definition) is 4. The predicted molar refractivity (Wildman–Crippen MR) is 170 cm³/mol. The Morgan fingerprint density at radius 3 is 1.67 bits per heavy atom. The van der Waals surface area contributed by atoms with Crippen LogP contribution in [0, 0.1) is 0 Å². The first-order valence-electron chi connectivity index (χ1n) is 13.8. The van der Waals surface area contributed by atoms with Gasteiger partial charge in [0.25, 0.3) is 0 Å². The number of nitrogens with two attached hydrogens (primary N) is 1. The number of nitrogens with zero attached hydrogens (tertiary/aromatic N) is 1. The van der Waals surface area contributed by atoms with E-state index in [1.54, 1.807) is 6.07 Å². The van der Waals surface area contributed by atoms with Crippen molar-refractivity contribution in [2.45, 2.75) is 31.1 Å². The van der Waals surface area contributed by atoms with Gasteiger partial charge in [-0.25, -0.2) is 18.6 Å². The van der Waals surface area contributed by atoms with Gasteiger partial charge in [0.1, 0.15) is 4.90 Å². The maximum Gasteiger partial charge on any atom is 0.240 e. The van der Waals surface area contributed by atoms with Gasteiger partial charge in [0, 0.05) is 31.9 Å². The number of sulfonamides is 1. The van der Waals surface area contributed by atoms with Crippen LogP contribution in [0.2, 0.25) is 0 Å². The average molecular weight is 578 g/mol. The molecule has 0 spiro atoms. The Kier molecular flexibility index (Phi) is 9.63. The Labute approximate surface area is 248 Å². The minimum absolute atomic E-state index is 0.0298. The van der Waals surface area contributed by atoms with Gasteiger partial charge in [0.2, 0.25) is 10.0 Å². The molecule has 0 aliphatic carbocycles. The van der Waals surface area contributed by atoms with E-state index >= 15 is 0 Å². The number of hydrogen-bond acceptors (Lipinski definition) is 6. The highest BCUT2D eigenvalue weighted by atomic mass is 32.2. The lowest BCUT2D eigenvalue weighted by Crippen LogP contribution is -2.36. The van der Waals surface area contributed by atoms with Crippen LogP contribution in [0.3, 0.4) is 0 Å². The van der Waals surface area contributed by atoms with E-state index in [1.807, 2.05) is 103 Å². The minimum atomic E-state index is -4.07. The van der Waals surface area contributed by atoms with E-state index in [2.05, 4.69) is 45.3 Å². The van der Waals surface area contributed by atoms with Crippen LogP contribution in [0.4, 0.5) is 17.1 Å². The van der Waals surface area contributed by atoms with Crippen LogP contribution in [-0.2, 0) is 36.2 Å². The predicted octanol–water partition coefficient (Wildman–Crippen LogP) is 6.40. The second-order valence-corrected chi connectivity index (χ2v) is 11.6. The molecule has 0 fully saturated rings. The summed E-state index contributed by atoms with van der Waals surface area (Å²) in [5, 5.41) is 14.7. The summed E-state index contributed by atoms with van der Waals surface area (Å²) in [7, 11) is -4.07. The second kappa shape index (κ2) is 13.9. The van der Waals surface area contributed by atoms with E-state index in [-0.39, 0.29) is 4.90 Å². The molecule has 5 aromatic carbocycles. The van der Waals surface area contributed by atoms with E-state index in [0.29, 0.717) is 37.6 Å². The fourth-order valence-electron chi connectivity index (χ4n) is 4.71. The summed E-state index contributed by atoms with van der Waals surface area (Å²) in [5.41, 5.74) is 9.50. The molecule has 0 aromatic heterocycles. The standard InChI is InChI=1S/C34H35N5O2S/c35-42(40,41)33-22-30(26-39(25-29-17-9-3-10-18-29)37-24-28-15-7-2-8-16-28)21-32(36-23-27-13-5-1-6-14-27)34(33)38-31-19-11-4-12-20-31/h1-22,36-38H,23-26H2,(H2,35,40,41). The third-order valence-electron chi connectivity index (χ3n) is 6.78. The summed E-state index contributed by atoms with van der Waals surface area (Å²) in [6.07, 6.45) is 0. The van der Waals surface area contributed by atoms with Gasteiger partial charge in [0.05, 0.1) is 11.4 Å². The van der Waals surface area contributed by atoms with Crippen molar-refractivity contribution in [1.29, 1.82) is 0 Å². The summed E-state index contributed by atoms with van der Waals surface area (Å²) in [6, 6.07) is 43.4. The van der Waals surface area contributed by atoms with Crippen LogP contribution in [0.25, 0.3) is 0 Å². The van der Waals surface area contributed by atoms with E-state index in [9.17, 15) is 8.42 Å². The number of hydrazine groups is 1. The molecule has 0 saturated carbocycles. The molecule has 8 heteroatoms. The normalized spacial score (nSPS) is 11.4. The lowest BCUT2D eigenvalue weighted by atomic mass is 10.1. The molecular weight excluding hydrogens is 542 g/mol. The highest BCUT2D eigenvalue weighted by molar-refractivity contribution is 7.89. The molecule has 214 valence electrons. The zero-order valence-corrected chi connectivity index (χ0v) is 24.1. The highest BCUT2D eigenvalue weighted by Crippen LogP contribution is 2.34. The van der Waals surface area contributed by atoms with Crippen molar-refractivity contribution in [3.05, 3.63) is 156 Å². The van der Waals surface area contributed by atoms with E-state index in [0.717, 1.165) is 27.9 Å². The molecule has 0 atom stereocenters. The average Bonchev–Trinajstić information content (AvgIpc) is 3.01. The van der Waals surface area contributed by atoms with Crippen LogP contribution in [0.5, 0.6) is 0 Å². The molecule has 0 aliphatic rings. The molecule has 42 heavy (non-hydrogen) atoms. The van der Waals surface area contributed by atoms with Crippen LogP contribution in [0.1, 0.15) is 22.3 Å². The van der Waals surface area contributed by atoms with Crippen LogP contribution < -0.4 is 21.2 Å². The molecule has 0 aliphatic heterocycles. The number of rotatable bonds is 13.